The van der Waals surface area contributed by atoms with Crippen LogP contribution in [-0.4, -0.2) is 29.7 Å². The molecule has 0 saturated heterocycles. The molecule has 3 N–H and O–H groups in total. The second-order valence-electron chi connectivity index (χ2n) is 6.00. The van der Waals surface area contributed by atoms with Gasteiger partial charge in [-0.1, -0.05) is 19.8 Å². The number of carboxylic acid groups (broad SMARTS) is 1. The lowest BCUT2D eigenvalue weighted by Crippen LogP contribution is -2.49. The zero-order valence-electron chi connectivity index (χ0n) is 11.5. The van der Waals surface area contributed by atoms with Crippen LogP contribution in [0.3, 0.4) is 0 Å². The fourth-order valence-electron chi connectivity index (χ4n) is 2.90. The van der Waals surface area contributed by atoms with Gasteiger partial charge < -0.3 is 15.7 Å². The van der Waals surface area contributed by atoms with Crippen LogP contribution in [0, 0.1) is 17.8 Å². The number of carboxylic acids is 1. The fourth-order valence-corrected chi connectivity index (χ4v) is 2.90. The largest absolute Gasteiger partial charge is 0.481 e. The number of hydrogen-bond acceptors (Lipinski definition) is 2. The monoisotopic (exact) mass is 268 g/mol. The third-order valence-corrected chi connectivity index (χ3v) is 4.41. The Kier molecular flexibility index (Phi) is 4.66. The molecule has 0 spiro atoms. The van der Waals surface area contributed by atoms with Crippen molar-refractivity contribution in [3.63, 3.8) is 0 Å². The first-order chi connectivity index (χ1) is 9.08. The van der Waals surface area contributed by atoms with E-state index < -0.39 is 11.9 Å². The fraction of sp³-hybridized carbons (Fsp3) is 0.857. The van der Waals surface area contributed by atoms with Crippen molar-refractivity contribution in [1.29, 1.82) is 0 Å². The van der Waals surface area contributed by atoms with Crippen molar-refractivity contribution in [2.24, 2.45) is 17.8 Å². The van der Waals surface area contributed by atoms with Crippen LogP contribution >= 0.6 is 0 Å². The van der Waals surface area contributed by atoms with Gasteiger partial charge in [0.25, 0.3) is 0 Å². The number of amides is 2. The molecule has 3 atom stereocenters. The summed E-state index contributed by atoms with van der Waals surface area (Å²) in [6.45, 7) is 2.83. The van der Waals surface area contributed by atoms with Crippen molar-refractivity contribution in [2.45, 2.75) is 51.5 Å². The smallest absolute Gasteiger partial charge is 0.315 e. The number of hydrogen-bond donors (Lipinski definition) is 3. The van der Waals surface area contributed by atoms with Gasteiger partial charge in [-0.15, -0.1) is 0 Å². The van der Waals surface area contributed by atoms with Gasteiger partial charge in [-0.05, 0) is 37.5 Å². The summed E-state index contributed by atoms with van der Waals surface area (Å²) in [7, 11) is 0. The number of urea groups is 1. The second-order valence-corrected chi connectivity index (χ2v) is 6.00. The first kappa shape index (κ1) is 14.2. The quantitative estimate of drug-likeness (QED) is 0.713. The minimum absolute atomic E-state index is 0.217. The molecule has 2 aliphatic rings. The second kappa shape index (κ2) is 6.26. The average molecular weight is 268 g/mol. The molecule has 0 heterocycles. The molecule has 0 aromatic heterocycles. The van der Waals surface area contributed by atoms with Crippen LogP contribution in [0.4, 0.5) is 4.79 Å². The van der Waals surface area contributed by atoms with Crippen molar-refractivity contribution >= 4 is 12.0 Å². The van der Waals surface area contributed by atoms with Gasteiger partial charge in [-0.3, -0.25) is 4.79 Å². The van der Waals surface area contributed by atoms with Crippen LogP contribution in [-0.2, 0) is 4.79 Å². The topological polar surface area (TPSA) is 78.4 Å². The van der Waals surface area contributed by atoms with Crippen LogP contribution < -0.4 is 10.6 Å². The third kappa shape index (κ3) is 4.11. The molecule has 3 unspecified atom stereocenters. The van der Waals surface area contributed by atoms with Crippen molar-refractivity contribution in [1.82, 2.24) is 10.6 Å². The van der Waals surface area contributed by atoms with Gasteiger partial charge in [0.15, 0.2) is 0 Å². The average Bonchev–Trinajstić information content (AvgIpc) is 3.20. The van der Waals surface area contributed by atoms with E-state index in [4.69, 9.17) is 5.11 Å². The van der Waals surface area contributed by atoms with Gasteiger partial charge in [0.1, 0.15) is 0 Å². The summed E-state index contributed by atoms with van der Waals surface area (Å²) in [5.41, 5.74) is 0. The molecule has 2 aliphatic carbocycles. The number of nitrogens with one attached hydrogen (secondary N) is 2. The first-order valence-electron chi connectivity index (χ1n) is 7.35. The molecule has 5 heteroatoms. The highest BCUT2D eigenvalue weighted by atomic mass is 16.4. The molecule has 2 fully saturated rings. The molecule has 19 heavy (non-hydrogen) atoms. The molecule has 2 rings (SSSR count). The van der Waals surface area contributed by atoms with Crippen molar-refractivity contribution in [3.05, 3.63) is 0 Å². The minimum atomic E-state index is -0.795. The maximum atomic E-state index is 11.8. The standard InChI is InChI=1S/C14H24N2O3/c1-9(10-6-7-10)8-15-14(19)16-12-5-3-2-4-11(12)13(17)18/h9-12H,2-8H2,1H3,(H,17,18)(H2,15,16,19). The molecule has 0 bridgehead atoms. The molecule has 0 radical (unpaired) electrons. The molecular formula is C14H24N2O3. The van der Waals surface area contributed by atoms with Crippen LogP contribution in [0.2, 0.25) is 0 Å². The number of carbonyl (C=O) groups excluding carboxylic acids is 1. The van der Waals surface area contributed by atoms with Gasteiger partial charge in [0.2, 0.25) is 0 Å². The highest BCUT2D eigenvalue weighted by Crippen LogP contribution is 2.36. The number of carbonyl (C=O) groups is 2. The third-order valence-electron chi connectivity index (χ3n) is 4.41. The van der Waals surface area contributed by atoms with Crippen LogP contribution in [0.25, 0.3) is 0 Å². The molecule has 0 aliphatic heterocycles. The number of aliphatic carboxylic acids is 1. The predicted octanol–water partition coefficient (Wildman–Crippen LogP) is 1.98. The van der Waals surface area contributed by atoms with Crippen molar-refractivity contribution < 1.29 is 14.7 Å². The van der Waals surface area contributed by atoms with E-state index in [1.54, 1.807) is 0 Å². The zero-order valence-corrected chi connectivity index (χ0v) is 11.5. The van der Waals surface area contributed by atoms with Crippen molar-refractivity contribution in [2.75, 3.05) is 6.54 Å². The first-order valence-corrected chi connectivity index (χ1v) is 7.35. The van der Waals surface area contributed by atoms with E-state index in [-0.39, 0.29) is 12.1 Å². The van der Waals surface area contributed by atoms with Crippen LogP contribution in [0.5, 0.6) is 0 Å². The highest BCUT2D eigenvalue weighted by Gasteiger charge is 2.32. The van der Waals surface area contributed by atoms with E-state index >= 15 is 0 Å². The Hall–Kier alpha value is -1.26. The summed E-state index contributed by atoms with van der Waals surface area (Å²) in [4.78, 5) is 22.9. The summed E-state index contributed by atoms with van der Waals surface area (Å²) in [5, 5.41) is 14.9. The van der Waals surface area contributed by atoms with E-state index in [2.05, 4.69) is 17.6 Å². The Morgan fingerprint density at radius 1 is 1.21 bits per heavy atom. The Morgan fingerprint density at radius 2 is 1.89 bits per heavy atom. The Labute approximate surface area is 114 Å². The molecule has 0 aromatic rings. The van der Waals surface area contributed by atoms with E-state index in [1.165, 1.54) is 12.8 Å². The molecular weight excluding hydrogens is 244 g/mol. The Bertz CT molecular complexity index is 342. The summed E-state index contributed by atoms with van der Waals surface area (Å²) in [5.74, 6) is 0.0610. The van der Waals surface area contributed by atoms with Crippen LogP contribution in [0.15, 0.2) is 0 Å². The predicted molar refractivity (Wildman–Crippen MR) is 71.8 cm³/mol. The van der Waals surface area contributed by atoms with E-state index in [9.17, 15) is 9.59 Å². The summed E-state index contributed by atoms with van der Waals surface area (Å²) >= 11 is 0. The van der Waals surface area contributed by atoms with Crippen molar-refractivity contribution in [3.8, 4) is 0 Å². The molecule has 108 valence electrons. The Morgan fingerprint density at radius 3 is 2.53 bits per heavy atom. The van der Waals surface area contributed by atoms with E-state index in [0.29, 0.717) is 18.9 Å². The number of rotatable bonds is 5. The normalized spacial score (nSPS) is 28.5. The zero-order chi connectivity index (χ0) is 13.8. The van der Waals surface area contributed by atoms with E-state index in [1.807, 2.05) is 0 Å². The molecule has 2 saturated carbocycles. The summed E-state index contributed by atoms with van der Waals surface area (Å²) < 4.78 is 0. The minimum Gasteiger partial charge on any atom is -0.481 e. The SMILES string of the molecule is CC(CNC(=O)NC1CCCCC1C(=O)O)C1CC1. The lowest BCUT2D eigenvalue weighted by Gasteiger charge is -2.29. The van der Waals surface area contributed by atoms with Gasteiger partial charge in [0, 0.05) is 12.6 Å². The molecule has 5 nitrogen and oxygen atoms in total. The molecule has 0 aromatic carbocycles. The van der Waals surface area contributed by atoms with E-state index in [0.717, 1.165) is 25.2 Å². The van der Waals surface area contributed by atoms with Gasteiger partial charge in [-0.2, -0.15) is 0 Å². The summed E-state index contributed by atoms with van der Waals surface area (Å²) in [6, 6.07) is -0.437. The lowest BCUT2D eigenvalue weighted by molar-refractivity contribution is -0.143. The van der Waals surface area contributed by atoms with Gasteiger partial charge >= 0.3 is 12.0 Å². The lowest BCUT2D eigenvalue weighted by atomic mass is 9.84. The maximum absolute atomic E-state index is 11.8. The van der Waals surface area contributed by atoms with Crippen LogP contribution in [0.1, 0.15) is 45.4 Å². The van der Waals surface area contributed by atoms with Gasteiger partial charge in [0.05, 0.1) is 5.92 Å². The molecule has 2 amide bonds. The van der Waals surface area contributed by atoms with Gasteiger partial charge in [-0.25, -0.2) is 4.79 Å². The highest BCUT2D eigenvalue weighted by molar-refractivity contribution is 5.76. The maximum Gasteiger partial charge on any atom is 0.315 e. The summed E-state index contributed by atoms with van der Waals surface area (Å²) in [6.07, 6.45) is 5.91. The Balaban J connectivity index is 1.74.